The summed E-state index contributed by atoms with van der Waals surface area (Å²) in [6.07, 6.45) is 0. The minimum Gasteiger partial charge on any atom is -0.354 e. The molecule has 8 nitrogen and oxygen atoms in total. The Kier molecular flexibility index (Phi) is 3.68. The minimum absolute atomic E-state index is 0.0177. The number of carbonyl (C=O) groups is 1. The van der Waals surface area contributed by atoms with Crippen LogP contribution in [-0.4, -0.2) is 43.2 Å². The second kappa shape index (κ2) is 5.13. The molecule has 20 heavy (non-hydrogen) atoms. The summed E-state index contributed by atoms with van der Waals surface area (Å²) in [5.74, 6) is -1.60. The quantitative estimate of drug-likeness (QED) is 0.617. The number of amides is 1. The maximum Gasteiger partial charge on any atom is 0.270 e. The maximum atomic E-state index is 13.7. The van der Waals surface area contributed by atoms with E-state index in [1.165, 1.54) is 0 Å². The van der Waals surface area contributed by atoms with E-state index < -0.39 is 43.8 Å². The molecular formula is C10H10FN3O5S. The van der Waals surface area contributed by atoms with Crippen LogP contribution >= 0.6 is 0 Å². The van der Waals surface area contributed by atoms with Crippen molar-refractivity contribution >= 4 is 21.6 Å². The molecular weight excluding hydrogens is 293 g/mol. The van der Waals surface area contributed by atoms with E-state index in [1.807, 2.05) is 0 Å². The fourth-order valence-corrected chi connectivity index (χ4v) is 3.24. The molecule has 1 aromatic rings. The summed E-state index contributed by atoms with van der Waals surface area (Å²) in [5, 5.41) is 13.1. The molecule has 1 N–H and O–H groups in total. The van der Waals surface area contributed by atoms with E-state index in [4.69, 9.17) is 0 Å². The summed E-state index contributed by atoms with van der Waals surface area (Å²) in [5.41, 5.74) is -0.536. The molecule has 1 aliphatic heterocycles. The molecule has 1 aromatic carbocycles. The second-order valence-electron chi connectivity index (χ2n) is 4.06. The minimum atomic E-state index is -4.29. The van der Waals surface area contributed by atoms with Crippen LogP contribution in [0.3, 0.4) is 0 Å². The third-order valence-corrected chi connectivity index (χ3v) is 4.61. The van der Waals surface area contributed by atoms with Crippen molar-refractivity contribution in [1.82, 2.24) is 9.62 Å². The predicted octanol–water partition coefficient (Wildman–Crippen LogP) is -0.146. The Labute approximate surface area is 113 Å². The van der Waals surface area contributed by atoms with Gasteiger partial charge in [0.15, 0.2) is 0 Å². The smallest absolute Gasteiger partial charge is 0.270 e. The summed E-state index contributed by atoms with van der Waals surface area (Å²) >= 11 is 0. The number of nitrogens with one attached hydrogen (secondary N) is 1. The first kappa shape index (κ1) is 14.3. The fourth-order valence-electron chi connectivity index (χ4n) is 1.76. The Balaban J connectivity index is 2.45. The van der Waals surface area contributed by atoms with Gasteiger partial charge in [0.05, 0.1) is 11.5 Å². The third kappa shape index (κ3) is 2.60. The van der Waals surface area contributed by atoms with Gasteiger partial charge < -0.3 is 5.32 Å². The lowest BCUT2D eigenvalue weighted by atomic mass is 10.3. The standard InChI is InChI=1S/C10H10FN3O5S/c11-8-2-1-7(14(16)17)5-9(8)20(18,19)13-4-3-12-10(15)6-13/h1-2,5H,3-4,6H2,(H,12,15). The van der Waals surface area contributed by atoms with Crippen molar-refractivity contribution < 1.29 is 22.5 Å². The Bertz CT molecular complexity index is 675. The first-order valence-electron chi connectivity index (χ1n) is 5.53. The third-order valence-electron chi connectivity index (χ3n) is 2.75. The second-order valence-corrected chi connectivity index (χ2v) is 5.97. The van der Waals surface area contributed by atoms with Gasteiger partial charge in [-0.2, -0.15) is 4.31 Å². The van der Waals surface area contributed by atoms with Crippen LogP contribution in [0.15, 0.2) is 23.1 Å². The number of piperazine rings is 1. The van der Waals surface area contributed by atoms with Gasteiger partial charge >= 0.3 is 0 Å². The molecule has 1 heterocycles. The molecule has 0 bridgehead atoms. The first-order valence-corrected chi connectivity index (χ1v) is 6.97. The molecule has 0 aromatic heterocycles. The van der Waals surface area contributed by atoms with Crippen molar-refractivity contribution in [2.45, 2.75) is 4.90 Å². The van der Waals surface area contributed by atoms with E-state index in [2.05, 4.69) is 5.32 Å². The Morgan fingerprint density at radius 2 is 2.10 bits per heavy atom. The van der Waals surface area contributed by atoms with Crippen LogP contribution in [0, 0.1) is 15.9 Å². The Morgan fingerprint density at radius 3 is 2.70 bits per heavy atom. The van der Waals surface area contributed by atoms with E-state index in [-0.39, 0.29) is 13.1 Å². The van der Waals surface area contributed by atoms with Crippen LogP contribution in [0.25, 0.3) is 0 Å². The summed E-state index contributed by atoms with van der Waals surface area (Å²) in [6.45, 7) is -0.352. The van der Waals surface area contributed by atoms with Crippen LogP contribution in [-0.2, 0) is 14.8 Å². The SMILES string of the molecule is O=C1CN(S(=O)(=O)c2cc([N+](=O)[O-])ccc2F)CCN1. The molecule has 10 heteroatoms. The monoisotopic (exact) mass is 303 g/mol. The molecule has 108 valence electrons. The molecule has 1 fully saturated rings. The van der Waals surface area contributed by atoms with Gasteiger partial charge in [-0.25, -0.2) is 12.8 Å². The highest BCUT2D eigenvalue weighted by atomic mass is 32.2. The van der Waals surface area contributed by atoms with Crippen LogP contribution < -0.4 is 5.32 Å². The molecule has 0 spiro atoms. The molecule has 0 radical (unpaired) electrons. The number of nitro groups is 1. The number of non-ortho nitro benzene ring substituents is 1. The van der Waals surface area contributed by atoms with Gasteiger partial charge in [-0.15, -0.1) is 0 Å². The molecule has 0 aliphatic carbocycles. The molecule has 2 rings (SSSR count). The predicted molar refractivity (Wildman–Crippen MR) is 64.8 cm³/mol. The average Bonchev–Trinajstić information content (AvgIpc) is 2.38. The molecule has 1 amide bonds. The Hall–Kier alpha value is -2.07. The van der Waals surface area contributed by atoms with Gasteiger partial charge in [-0.05, 0) is 6.07 Å². The first-order chi connectivity index (χ1) is 9.32. The number of hydrogen-bond acceptors (Lipinski definition) is 5. The van der Waals surface area contributed by atoms with Crippen LogP contribution in [0.1, 0.15) is 0 Å². The topological polar surface area (TPSA) is 110 Å². The van der Waals surface area contributed by atoms with Gasteiger partial charge in [0.25, 0.3) is 5.69 Å². The zero-order valence-corrected chi connectivity index (χ0v) is 10.9. The zero-order valence-electron chi connectivity index (χ0n) is 10.1. The van der Waals surface area contributed by atoms with Crippen LogP contribution in [0.4, 0.5) is 10.1 Å². The van der Waals surface area contributed by atoms with E-state index in [0.29, 0.717) is 6.07 Å². The molecule has 0 atom stereocenters. The fraction of sp³-hybridized carbons (Fsp3) is 0.300. The molecule has 1 aliphatic rings. The normalized spacial score (nSPS) is 16.8. The number of nitrogens with zero attached hydrogens (tertiary/aromatic N) is 2. The number of halogens is 1. The van der Waals surface area contributed by atoms with Gasteiger partial charge in [0, 0.05) is 25.2 Å². The summed E-state index contributed by atoms with van der Waals surface area (Å²) in [7, 11) is -4.29. The van der Waals surface area contributed by atoms with E-state index in [1.54, 1.807) is 0 Å². The number of hydrogen-bond donors (Lipinski definition) is 1. The van der Waals surface area contributed by atoms with Crippen molar-refractivity contribution in [1.29, 1.82) is 0 Å². The van der Waals surface area contributed by atoms with Crippen molar-refractivity contribution in [3.8, 4) is 0 Å². The summed E-state index contributed by atoms with van der Waals surface area (Å²) in [6, 6.07) is 2.24. The number of nitro benzene ring substituents is 1. The Morgan fingerprint density at radius 1 is 1.40 bits per heavy atom. The van der Waals surface area contributed by atoms with Crippen LogP contribution in [0.5, 0.6) is 0 Å². The number of benzene rings is 1. The van der Waals surface area contributed by atoms with Gasteiger partial charge in [0.2, 0.25) is 15.9 Å². The lowest BCUT2D eigenvalue weighted by Gasteiger charge is -2.25. The highest BCUT2D eigenvalue weighted by Crippen LogP contribution is 2.24. The van der Waals surface area contributed by atoms with Gasteiger partial charge in [-0.1, -0.05) is 0 Å². The number of carbonyl (C=O) groups excluding carboxylic acids is 1. The largest absolute Gasteiger partial charge is 0.354 e. The van der Waals surface area contributed by atoms with E-state index in [9.17, 15) is 27.7 Å². The number of rotatable bonds is 3. The van der Waals surface area contributed by atoms with Gasteiger partial charge in [-0.3, -0.25) is 14.9 Å². The molecule has 0 unspecified atom stereocenters. The van der Waals surface area contributed by atoms with Crippen molar-refractivity contribution in [3.63, 3.8) is 0 Å². The highest BCUT2D eigenvalue weighted by molar-refractivity contribution is 7.89. The molecule has 0 saturated carbocycles. The lowest BCUT2D eigenvalue weighted by molar-refractivity contribution is -0.385. The lowest BCUT2D eigenvalue weighted by Crippen LogP contribution is -2.49. The van der Waals surface area contributed by atoms with Crippen LogP contribution in [0.2, 0.25) is 0 Å². The van der Waals surface area contributed by atoms with Crippen molar-refractivity contribution in [2.75, 3.05) is 19.6 Å². The average molecular weight is 303 g/mol. The van der Waals surface area contributed by atoms with E-state index >= 15 is 0 Å². The maximum absolute atomic E-state index is 13.7. The van der Waals surface area contributed by atoms with Gasteiger partial charge in [0.1, 0.15) is 10.7 Å². The summed E-state index contributed by atoms with van der Waals surface area (Å²) in [4.78, 5) is 20.2. The molecule has 1 saturated heterocycles. The summed E-state index contributed by atoms with van der Waals surface area (Å²) < 4.78 is 38.9. The van der Waals surface area contributed by atoms with E-state index in [0.717, 1.165) is 16.4 Å². The van der Waals surface area contributed by atoms with Crippen molar-refractivity contribution in [3.05, 3.63) is 34.1 Å². The highest BCUT2D eigenvalue weighted by Gasteiger charge is 2.32. The number of sulfonamides is 1. The van der Waals surface area contributed by atoms with Crippen molar-refractivity contribution in [2.24, 2.45) is 0 Å². The zero-order chi connectivity index (χ0) is 14.9.